The predicted octanol–water partition coefficient (Wildman–Crippen LogP) is 1.52. The zero-order chi connectivity index (χ0) is 18.5. The van der Waals surface area contributed by atoms with Gasteiger partial charge in [-0.25, -0.2) is 8.42 Å². The van der Waals surface area contributed by atoms with Gasteiger partial charge < -0.3 is 10.5 Å². The van der Waals surface area contributed by atoms with Crippen LogP contribution < -0.4 is 10.5 Å². The molecule has 1 aromatic rings. The van der Waals surface area contributed by atoms with Gasteiger partial charge in [0.2, 0.25) is 15.9 Å². The Hall–Kier alpha value is -2.07. The van der Waals surface area contributed by atoms with E-state index in [1.807, 2.05) is 0 Å². The minimum atomic E-state index is -4.65. The molecule has 1 amide bonds. The van der Waals surface area contributed by atoms with Gasteiger partial charge in [-0.3, -0.25) is 4.79 Å². The van der Waals surface area contributed by atoms with Crippen LogP contribution in [0.25, 0.3) is 0 Å². The first-order valence-electron chi connectivity index (χ1n) is 6.61. The topological polar surface area (TPSA) is 89.7 Å². The van der Waals surface area contributed by atoms with Crippen LogP contribution in [0.1, 0.15) is 11.1 Å². The molecule has 0 saturated heterocycles. The molecule has 2 N–H and O–H groups in total. The summed E-state index contributed by atoms with van der Waals surface area (Å²) in [5.74, 6) is -1.75. The van der Waals surface area contributed by atoms with E-state index in [1.54, 1.807) is 0 Å². The number of benzene rings is 1. The van der Waals surface area contributed by atoms with Crippen molar-refractivity contribution in [3.05, 3.63) is 42.0 Å². The Morgan fingerprint density at radius 1 is 1.38 bits per heavy atom. The second-order valence-electron chi connectivity index (χ2n) is 4.87. The van der Waals surface area contributed by atoms with Gasteiger partial charge >= 0.3 is 6.18 Å². The highest BCUT2D eigenvalue weighted by Gasteiger charge is 2.32. The quantitative estimate of drug-likeness (QED) is 0.707. The number of ether oxygens (including phenoxy) is 1. The molecule has 0 unspecified atom stereocenters. The van der Waals surface area contributed by atoms with Gasteiger partial charge in [-0.2, -0.15) is 17.5 Å². The zero-order valence-corrected chi connectivity index (χ0v) is 13.7. The summed E-state index contributed by atoms with van der Waals surface area (Å²) in [5, 5.41) is 0. The molecule has 0 aliphatic heterocycles. The van der Waals surface area contributed by atoms with Crippen LogP contribution in [0.4, 0.5) is 13.2 Å². The van der Waals surface area contributed by atoms with Crippen molar-refractivity contribution in [2.45, 2.75) is 11.9 Å². The average molecular weight is 366 g/mol. The third kappa shape index (κ3) is 5.53. The lowest BCUT2D eigenvalue weighted by molar-refractivity contribution is -0.137. The fourth-order valence-corrected chi connectivity index (χ4v) is 3.35. The summed E-state index contributed by atoms with van der Waals surface area (Å²) in [7, 11) is -2.91. The Morgan fingerprint density at radius 3 is 2.46 bits per heavy atom. The number of sulfonamides is 1. The van der Waals surface area contributed by atoms with Crippen molar-refractivity contribution in [3.63, 3.8) is 0 Å². The first kappa shape index (κ1) is 20.0. The summed E-state index contributed by atoms with van der Waals surface area (Å²) in [6, 6.07) is 2.67. The van der Waals surface area contributed by atoms with Crippen molar-refractivity contribution in [3.8, 4) is 5.75 Å². The molecule has 0 heterocycles. The summed E-state index contributed by atoms with van der Waals surface area (Å²) in [6.07, 6.45) is -3.41. The second-order valence-corrected chi connectivity index (χ2v) is 6.84. The van der Waals surface area contributed by atoms with Crippen LogP contribution in [-0.2, 0) is 26.7 Å². The molecule has 0 fully saturated rings. The molecule has 0 aliphatic rings. The molecular formula is C14H17F3N2O4S. The van der Waals surface area contributed by atoms with Gasteiger partial charge in [0.25, 0.3) is 0 Å². The number of amides is 1. The molecule has 6 nitrogen and oxygen atoms in total. The Balaban J connectivity index is 3.21. The Labute approximate surface area is 137 Å². The normalized spacial score (nSPS) is 12.2. The highest BCUT2D eigenvalue weighted by atomic mass is 32.2. The summed E-state index contributed by atoms with van der Waals surface area (Å²) in [6.45, 7) is 2.59. The van der Waals surface area contributed by atoms with Crippen LogP contribution in [-0.4, -0.2) is 38.8 Å². The molecule has 0 bridgehead atoms. The molecule has 10 heteroatoms. The van der Waals surface area contributed by atoms with Crippen LogP contribution in [0.2, 0.25) is 0 Å². The van der Waals surface area contributed by atoms with Crippen molar-refractivity contribution in [1.82, 2.24) is 4.31 Å². The van der Waals surface area contributed by atoms with Gasteiger partial charge in [0.05, 0.1) is 25.0 Å². The zero-order valence-electron chi connectivity index (χ0n) is 12.8. The molecule has 1 aromatic carbocycles. The molecule has 1 rings (SSSR count). The van der Waals surface area contributed by atoms with E-state index in [-0.39, 0.29) is 17.9 Å². The van der Waals surface area contributed by atoms with Crippen LogP contribution in [0.3, 0.4) is 0 Å². The van der Waals surface area contributed by atoms with Gasteiger partial charge in [-0.05, 0) is 23.8 Å². The predicted molar refractivity (Wildman–Crippen MR) is 81.6 cm³/mol. The maximum Gasteiger partial charge on any atom is 0.416 e. The van der Waals surface area contributed by atoms with Crippen molar-refractivity contribution >= 4 is 15.9 Å². The maximum absolute atomic E-state index is 12.9. The number of halogens is 3. The molecule has 0 aromatic heterocycles. The van der Waals surface area contributed by atoms with E-state index in [9.17, 15) is 26.4 Å². The molecule has 0 aliphatic carbocycles. The van der Waals surface area contributed by atoms with E-state index in [1.165, 1.54) is 19.3 Å². The SMILES string of the molecule is C=CCN(CC(N)=O)S(=O)(=O)Cc1cc(OC)cc(C(F)(F)F)c1. The number of hydrogen-bond donors (Lipinski definition) is 1. The molecule has 0 spiro atoms. The van der Waals surface area contributed by atoms with Gasteiger partial charge in [0, 0.05) is 6.54 Å². The number of nitrogens with zero attached hydrogens (tertiary/aromatic N) is 1. The van der Waals surface area contributed by atoms with Crippen LogP contribution in [0.5, 0.6) is 5.75 Å². The van der Waals surface area contributed by atoms with Crippen molar-refractivity contribution in [1.29, 1.82) is 0 Å². The molecule has 0 radical (unpaired) electrons. The Bertz CT molecular complexity index is 717. The molecule has 0 atom stereocenters. The fraction of sp³-hybridized carbons (Fsp3) is 0.357. The number of methoxy groups -OCH3 is 1. The number of carbonyl (C=O) groups is 1. The number of rotatable bonds is 8. The third-order valence-electron chi connectivity index (χ3n) is 2.94. The number of alkyl halides is 3. The van der Waals surface area contributed by atoms with Gasteiger partial charge in [0.15, 0.2) is 0 Å². The Morgan fingerprint density at radius 2 is 2.00 bits per heavy atom. The van der Waals surface area contributed by atoms with Crippen LogP contribution >= 0.6 is 0 Å². The second kappa shape index (κ2) is 7.67. The monoisotopic (exact) mass is 366 g/mol. The minimum absolute atomic E-state index is 0.125. The summed E-state index contributed by atoms with van der Waals surface area (Å²) < 4.78 is 68.8. The van der Waals surface area contributed by atoms with E-state index >= 15 is 0 Å². The van der Waals surface area contributed by atoms with Crippen LogP contribution in [0, 0.1) is 0 Å². The summed E-state index contributed by atoms with van der Waals surface area (Å²) in [5.41, 5.74) is 3.84. The minimum Gasteiger partial charge on any atom is -0.497 e. The van der Waals surface area contributed by atoms with Crippen molar-refractivity contribution in [2.75, 3.05) is 20.2 Å². The first-order chi connectivity index (χ1) is 11.0. The highest BCUT2D eigenvalue weighted by Crippen LogP contribution is 2.33. The molecule has 0 saturated carbocycles. The lowest BCUT2D eigenvalue weighted by atomic mass is 10.1. The number of primary amides is 1. The smallest absolute Gasteiger partial charge is 0.416 e. The van der Waals surface area contributed by atoms with E-state index in [4.69, 9.17) is 10.5 Å². The van der Waals surface area contributed by atoms with E-state index in [2.05, 4.69) is 6.58 Å². The van der Waals surface area contributed by atoms with Gasteiger partial charge in [-0.1, -0.05) is 6.08 Å². The van der Waals surface area contributed by atoms with Crippen molar-refractivity contribution < 1.29 is 31.1 Å². The lowest BCUT2D eigenvalue weighted by Gasteiger charge is -2.19. The lowest BCUT2D eigenvalue weighted by Crippen LogP contribution is -2.39. The molecule has 134 valence electrons. The number of hydrogen-bond acceptors (Lipinski definition) is 4. The number of nitrogens with two attached hydrogens (primary N) is 1. The third-order valence-corrected chi connectivity index (χ3v) is 4.70. The fourth-order valence-electron chi connectivity index (χ4n) is 1.92. The Kier molecular flexibility index (Phi) is 6.38. The molecular weight excluding hydrogens is 349 g/mol. The van der Waals surface area contributed by atoms with E-state index in [0.717, 1.165) is 16.4 Å². The van der Waals surface area contributed by atoms with E-state index in [0.29, 0.717) is 0 Å². The number of carbonyl (C=O) groups excluding carboxylic acids is 1. The summed E-state index contributed by atoms with van der Waals surface area (Å²) >= 11 is 0. The first-order valence-corrected chi connectivity index (χ1v) is 8.22. The largest absolute Gasteiger partial charge is 0.497 e. The van der Waals surface area contributed by atoms with Crippen LogP contribution in [0.15, 0.2) is 30.9 Å². The summed E-state index contributed by atoms with van der Waals surface area (Å²) in [4.78, 5) is 11.0. The molecule has 24 heavy (non-hydrogen) atoms. The van der Waals surface area contributed by atoms with Gasteiger partial charge in [0.1, 0.15) is 5.75 Å². The maximum atomic E-state index is 12.9. The average Bonchev–Trinajstić information content (AvgIpc) is 2.44. The highest BCUT2D eigenvalue weighted by molar-refractivity contribution is 7.88. The van der Waals surface area contributed by atoms with E-state index < -0.39 is 40.0 Å². The van der Waals surface area contributed by atoms with Gasteiger partial charge in [-0.15, -0.1) is 6.58 Å². The van der Waals surface area contributed by atoms with Crippen molar-refractivity contribution in [2.24, 2.45) is 5.73 Å². The standard InChI is InChI=1S/C14H17F3N2O4S/c1-3-4-19(8-13(18)20)24(21,22)9-10-5-11(14(15,16)17)7-12(6-10)23-2/h3,5-7H,1,4,8-9H2,2H3,(H2,18,20).